The highest BCUT2D eigenvalue weighted by Gasteiger charge is 2.30. The average molecular weight is 311 g/mol. The molecule has 2 unspecified atom stereocenters. The molecule has 0 radical (unpaired) electrons. The van der Waals surface area contributed by atoms with E-state index in [1.54, 1.807) is 12.1 Å². The van der Waals surface area contributed by atoms with Gasteiger partial charge in [-0.05, 0) is 42.0 Å². The number of amides is 1. The molecule has 1 heterocycles. The number of likely N-dealkylation sites (tertiary alicyclic amines) is 1. The molecule has 1 aliphatic rings. The van der Waals surface area contributed by atoms with Gasteiger partial charge in [-0.15, -0.1) is 0 Å². The molecule has 1 fully saturated rings. The van der Waals surface area contributed by atoms with Gasteiger partial charge in [-0.3, -0.25) is 4.79 Å². The summed E-state index contributed by atoms with van der Waals surface area (Å²) >= 11 is 0. The Balaban J connectivity index is 1.69. The first-order valence-corrected chi connectivity index (χ1v) is 8.25. The Bertz CT molecular complexity index is 653. The van der Waals surface area contributed by atoms with Gasteiger partial charge >= 0.3 is 0 Å². The van der Waals surface area contributed by atoms with Crippen LogP contribution < -0.4 is 0 Å². The van der Waals surface area contributed by atoms with Crippen LogP contribution in [-0.2, 0) is 4.79 Å². The zero-order valence-electron chi connectivity index (χ0n) is 13.4. The summed E-state index contributed by atoms with van der Waals surface area (Å²) in [5.41, 5.74) is 2.22. The normalized spacial score (nSPS) is 18.9. The Morgan fingerprint density at radius 3 is 2.57 bits per heavy atom. The van der Waals surface area contributed by atoms with Gasteiger partial charge in [-0.25, -0.2) is 4.39 Å². The zero-order valence-corrected chi connectivity index (χ0v) is 13.4. The largest absolute Gasteiger partial charge is 0.336 e. The van der Waals surface area contributed by atoms with Crippen molar-refractivity contribution in [3.63, 3.8) is 0 Å². The Hall–Kier alpha value is -2.16. The molecule has 2 aromatic carbocycles. The highest BCUT2D eigenvalue weighted by Crippen LogP contribution is 2.33. The number of benzene rings is 2. The molecule has 2 aromatic rings. The fourth-order valence-corrected chi connectivity index (χ4v) is 3.38. The van der Waals surface area contributed by atoms with Crippen LogP contribution >= 0.6 is 0 Å². The molecule has 2 atom stereocenters. The molecule has 120 valence electrons. The summed E-state index contributed by atoms with van der Waals surface area (Å²) in [4.78, 5) is 14.7. The molecule has 2 nitrogen and oxygen atoms in total. The fraction of sp³-hybridized carbons (Fsp3) is 0.350. The molecule has 0 bridgehead atoms. The summed E-state index contributed by atoms with van der Waals surface area (Å²) in [6.07, 6.45) is 2.48. The van der Waals surface area contributed by atoms with Crippen molar-refractivity contribution >= 4 is 5.91 Å². The van der Waals surface area contributed by atoms with Crippen LogP contribution in [0, 0.1) is 5.82 Å². The molecule has 1 amide bonds. The molecular weight excluding hydrogens is 289 g/mol. The molecule has 0 aromatic heterocycles. The maximum atomic E-state index is 13.1. The van der Waals surface area contributed by atoms with E-state index in [1.165, 1.54) is 17.7 Å². The van der Waals surface area contributed by atoms with E-state index in [0.717, 1.165) is 24.9 Å². The summed E-state index contributed by atoms with van der Waals surface area (Å²) < 4.78 is 13.1. The molecule has 1 saturated heterocycles. The average Bonchev–Trinajstić information content (AvgIpc) is 3.06. The van der Waals surface area contributed by atoms with Gasteiger partial charge in [0, 0.05) is 13.0 Å². The predicted molar refractivity (Wildman–Crippen MR) is 89.6 cm³/mol. The van der Waals surface area contributed by atoms with Gasteiger partial charge in [0.05, 0.1) is 6.04 Å². The van der Waals surface area contributed by atoms with Crippen molar-refractivity contribution in [1.29, 1.82) is 0 Å². The van der Waals surface area contributed by atoms with Gasteiger partial charge in [-0.2, -0.15) is 0 Å². The second kappa shape index (κ2) is 6.95. The van der Waals surface area contributed by atoms with Crippen molar-refractivity contribution in [3.8, 4) is 0 Å². The van der Waals surface area contributed by atoms with Crippen LogP contribution in [0.15, 0.2) is 54.6 Å². The number of halogens is 1. The maximum absolute atomic E-state index is 13.1. The molecule has 3 heteroatoms. The lowest BCUT2D eigenvalue weighted by atomic mass is 9.96. The van der Waals surface area contributed by atoms with Crippen molar-refractivity contribution in [3.05, 3.63) is 71.5 Å². The van der Waals surface area contributed by atoms with Crippen molar-refractivity contribution in [2.75, 3.05) is 6.54 Å². The van der Waals surface area contributed by atoms with Crippen molar-refractivity contribution < 1.29 is 9.18 Å². The number of nitrogens with zero attached hydrogens (tertiary/aromatic N) is 1. The lowest BCUT2D eigenvalue weighted by Gasteiger charge is -2.26. The Labute approximate surface area is 136 Å². The van der Waals surface area contributed by atoms with E-state index in [2.05, 4.69) is 19.1 Å². The quantitative estimate of drug-likeness (QED) is 0.802. The maximum Gasteiger partial charge on any atom is 0.223 e. The SMILES string of the molecule is CC(CC(=O)N1CCCC1c1ccc(F)cc1)c1ccccc1. The third kappa shape index (κ3) is 3.61. The molecule has 0 saturated carbocycles. The van der Waals surface area contributed by atoms with E-state index in [4.69, 9.17) is 0 Å². The highest BCUT2D eigenvalue weighted by molar-refractivity contribution is 5.78. The molecular formula is C20H22FNO. The van der Waals surface area contributed by atoms with Gasteiger partial charge in [0.25, 0.3) is 0 Å². The summed E-state index contributed by atoms with van der Waals surface area (Å²) in [5.74, 6) is 0.161. The highest BCUT2D eigenvalue weighted by atomic mass is 19.1. The van der Waals surface area contributed by atoms with Crippen LogP contribution in [0.3, 0.4) is 0 Å². The molecule has 0 aliphatic carbocycles. The number of hydrogen-bond acceptors (Lipinski definition) is 1. The first kappa shape index (κ1) is 15.7. The number of carbonyl (C=O) groups is 1. The lowest BCUT2D eigenvalue weighted by molar-refractivity contribution is -0.132. The van der Waals surface area contributed by atoms with E-state index in [9.17, 15) is 9.18 Å². The number of hydrogen-bond donors (Lipinski definition) is 0. The van der Waals surface area contributed by atoms with E-state index in [0.29, 0.717) is 6.42 Å². The Morgan fingerprint density at radius 1 is 1.17 bits per heavy atom. The zero-order chi connectivity index (χ0) is 16.2. The predicted octanol–water partition coefficient (Wildman–Crippen LogP) is 4.68. The van der Waals surface area contributed by atoms with E-state index in [-0.39, 0.29) is 23.7 Å². The molecule has 1 aliphatic heterocycles. The summed E-state index contributed by atoms with van der Waals surface area (Å²) in [6.45, 7) is 2.89. The molecule has 0 spiro atoms. The lowest BCUT2D eigenvalue weighted by Crippen LogP contribution is -2.31. The molecule has 23 heavy (non-hydrogen) atoms. The van der Waals surface area contributed by atoms with Crippen LogP contribution in [0.4, 0.5) is 4.39 Å². The fourth-order valence-electron chi connectivity index (χ4n) is 3.38. The van der Waals surface area contributed by atoms with Crippen LogP contribution in [0.1, 0.15) is 49.3 Å². The topological polar surface area (TPSA) is 20.3 Å². The molecule has 0 N–H and O–H groups in total. The van der Waals surface area contributed by atoms with Crippen molar-refractivity contribution in [2.45, 2.75) is 38.1 Å². The van der Waals surface area contributed by atoms with E-state index >= 15 is 0 Å². The van der Waals surface area contributed by atoms with Crippen LogP contribution in [0.2, 0.25) is 0 Å². The van der Waals surface area contributed by atoms with Gasteiger partial charge in [-0.1, -0.05) is 49.4 Å². The summed E-state index contributed by atoms with van der Waals surface area (Å²) in [7, 11) is 0. The van der Waals surface area contributed by atoms with Crippen molar-refractivity contribution in [1.82, 2.24) is 4.90 Å². The third-order valence-electron chi connectivity index (χ3n) is 4.68. The van der Waals surface area contributed by atoms with E-state index < -0.39 is 0 Å². The standard InChI is InChI=1S/C20H22FNO/c1-15(16-6-3-2-4-7-16)14-20(23)22-13-5-8-19(22)17-9-11-18(21)12-10-17/h2-4,6-7,9-12,15,19H,5,8,13-14H2,1H3. The van der Waals surface area contributed by atoms with Crippen LogP contribution in [0.25, 0.3) is 0 Å². The molecule has 3 rings (SSSR count). The minimum absolute atomic E-state index is 0.0890. The first-order valence-electron chi connectivity index (χ1n) is 8.25. The van der Waals surface area contributed by atoms with Gasteiger partial charge in [0.2, 0.25) is 5.91 Å². The Morgan fingerprint density at radius 2 is 1.87 bits per heavy atom. The monoisotopic (exact) mass is 311 g/mol. The first-order chi connectivity index (χ1) is 11.1. The van der Waals surface area contributed by atoms with Gasteiger partial charge in [0.1, 0.15) is 5.82 Å². The van der Waals surface area contributed by atoms with E-state index in [1.807, 2.05) is 23.1 Å². The summed E-state index contributed by atoms with van der Waals surface area (Å²) in [5, 5.41) is 0. The van der Waals surface area contributed by atoms with Crippen LogP contribution in [-0.4, -0.2) is 17.4 Å². The smallest absolute Gasteiger partial charge is 0.223 e. The summed E-state index contributed by atoms with van der Waals surface area (Å²) in [6, 6.07) is 16.8. The van der Waals surface area contributed by atoms with Crippen LogP contribution in [0.5, 0.6) is 0 Å². The second-order valence-corrected chi connectivity index (χ2v) is 6.31. The number of carbonyl (C=O) groups excluding carboxylic acids is 1. The second-order valence-electron chi connectivity index (χ2n) is 6.31. The van der Waals surface area contributed by atoms with Gasteiger partial charge in [0.15, 0.2) is 0 Å². The van der Waals surface area contributed by atoms with Crippen molar-refractivity contribution in [2.24, 2.45) is 0 Å². The third-order valence-corrected chi connectivity index (χ3v) is 4.68. The minimum atomic E-state index is -0.234. The Kier molecular flexibility index (Phi) is 4.75. The number of rotatable bonds is 4. The minimum Gasteiger partial charge on any atom is -0.336 e. The van der Waals surface area contributed by atoms with Gasteiger partial charge < -0.3 is 4.90 Å².